The van der Waals surface area contributed by atoms with Crippen LogP contribution >= 0.6 is 11.6 Å². The predicted octanol–water partition coefficient (Wildman–Crippen LogP) is 2.29. The average Bonchev–Trinajstić information content (AvgIpc) is 2.30. The van der Waals surface area contributed by atoms with Gasteiger partial charge in [0.25, 0.3) is 0 Å². The van der Waals surface area contributed by atoms with Crippen LogP contribution < -0.4 is 4.90 Å². The standard InChI is InChI=1S/C13H17ClN2O/c1-10-8-15(2)6-7-16(10)13-11(9-17)4-3-5-12(13)14/h3-5,9-10H,6-8H2,1-2H3. The zero-order valence-electron chi connectivity index (χ0n) is 10.2. The molecule has 0 saturated carbocycles. The van der Waals surface area contributed by atoms with Gasteiger partial charge in [-0.05, 0) is 26.1 Å². The van der Waals surface area contributed by atoms with Crippen LogP contribution in [0.5, 0.6) is 0 Å². The van der Waals surface area contributed by atoms with Crippen LogP contribution in [0.15, 0.2) is 18.2 Å². The summed E-state index contributed by atoms with van der Waals surface area (Å²) in [5.41, 5.74) is 1.55. The molecule has 0 radical (unpaired) electrons. The summed E-state index contributed by atoms with van der Waals surface area (Å²) in [4.78, 5) is 15.6. The molecule has 0 spiro atoms. The largest absolute Gasteiger partial charge is 0.364 e. The van der Waals surface area contributed by atoms with Gasteiger partial charge in [0.1, 0.15) is 0 Å². The number of hydrogen-bond acceptors (Lipinski definition) is 3. The fourth-order valence-corrected chi connectivity index (χ4v) is 2.69. The molecule has 1 aromatic carbocycles. The Morgan fingerprint density at radius 2 is 2.18 bits per heavy atom. The highest BCUT2D eigenvalue weighted by atomic mass is 35.5. The normalized spacial score (nSPS) is 21.6. The van der Waals surface area contributed by atoms with Gasteiger partial charge >= 0.3 is 0 Å². The van der Waals surface area contributed by atoms with Gasteiger partial charge in [0, 0.05) is 31.2 Å². The number of halogens is 1. The molecule has 4 heteroatoms. The molecular weight excluding hydrogens is 236 g/mol. The molecule has 92 valence electrons. The third-order valence-corrected chi connectivity index (χ3v) is 3.57. The molecule has 0 bridgehead atoms. The minimum atomic E-state index is 0.368. The van der Waals surface area contributed by atoms with E-state index in [-0.39, 0.29) is 0 Å². The van der Waals surface area contributed by atoms with Gasteiger partial charge in [0.05, 0.1) is 10.7 Å². The first kappa shape index (κ1) is 12.4. The molecule has 1 heterocycles. The maximum Gasteiger partial charge on any atom is 0.152 e. The second-order valence-corrected chi connectivity index (χ2v) is 5.01. The lowest BCUT2D eigenvalue weighted by Crippen LogP contribution is -2.50. The Hall–Kier alpha value is -1.06. The van der Waals surface area contributed by atoms with Crippen molar-refractivity contribution in [1.29, 1.82) is 0 Å². The molecule has 17 heavy (non-hydrogen) atoms. The van der Waals surface area contributed by atoms with E-state index in [9.17, 15) is 4.79 Å². The Kier molecular flexibility index (Phi) is 3.69. The van der Waals surface area contributed by atoms with Crippen LogP contribution in [0.3, 0.4) is 0 Å². The van der Waals surface area contributed by atoms with Gasteiger partial charge in [0.2, 0.25) is 0 Å². The molecule has 0 aliphatic carbocycles. The van der Waals surface area contributed by atoms with E-state index in [4.69, 9.17) is 11.6 Å². The monoisotopic (exact) mass is 252 g/mol. The first-order valence-corrected chi connectivity index (χ1v) is 6.20. The lowest BCUT2D eigenvalue weighted by Gasteiger charge is -2.40. The number of aldehydes is 1. The van der Waals surface area contributed by atoms with Crippen LogP contribution in [-0.2, 0) is 0 Å². The van der Waals surface area contributed by atoms with Gasteiger partial charge in [-0.1, -0.05) is 17.7 Å². The number of likely N-dealkylation sites (N-methyl/N-ethyl adjacent to an activating group) is 1. The summed E-state index contributed by atoms with van der Waals surface area (Å²) in [5.74, 6) is 0. The number of rotatable bonds is 2. The fraction of sp³-hybridized carbons (Fsp3) is 0.462. The molecule has 2 rings (SSSR count). The second-order valence-electron chi connectivity index (χ2n) is 4.60. The molecule has 1 aromatic rings. The third kappa shape index (κ3) is 2.45. The number of piperazine rings is 1. The van der Waals surface area contributed by atoms with E-state index in [2.05, 4.69) is 23.8 Å². The maximum absolute atomic E-state index is 11.1. The number of nitrogens with zero attached hydrogens (tertiary/aromatic N) is 2. The van der Waals surface area contributed by atoms with Crippen molar-refractivity contribution >= 4 is 23.6 Å². The van der Waals surface area contributed by atoms with Gasteiger partial charge in [-0.25, -0.2) is 0 Å². The van der Waals surface area contributed by atoms with Crippen LogP contribution in [0.2, 0.25) is 5.02 Å². The van der Waals surface area contributed by atoms with E-state index >= 15 is 0 Å². The predicted molar refractivity (Wildman–Crippen MR) is 71.1 cm³/mol. The number of hydrogen-bond donors (Lipinski definition) is 0. The van der Waals surface area contributed by atoms with Crippen molar-refractivity contribution < 1.29 is 4.79 Å². The number of carbonyl (C=O) groups is 1. The van der Waals surface area contributed by atoms with Gasteiger partial charge < -0.3 is 9.80 Å². The minimum Gasteiger partial charge on any atom is -0.364 e. The van der Waals surface area contributed by atoms with Crippen LogP contribution in [0.25, 0.3) is 0 Å². The Labute approximate surface area is 107 Å². The second kappa shape index (κ2) is 5.07. The van der Waals surface area contributed by atoms with Crippen molar-refractivity contribution in [3.8, 4) is 0 Å². The van der Waals surface area contributed by atoms with Crippen molar-refractivity contribution in [2.45, 2.75) is 13.0 Å². The zero-order chi connectivity index (χ0) is 12.4. The van der Waals surface area contributed by atoms with Gasteiger partial charge in [-0.15, -0.1) is 0 Å². The molecule has 1 aliphatic heterocycles. The first-order valence-electron chi connectivity index (χ1n) is 5.82. The van der Waals surface area contributed by atoms with E-state index in [1.165, 1.54) is 0 Å². The third-order valence-electron chi connectivity index (χ3n) is 3.26. The summed E-state index contributed by atoms with van der Waals surface area (Å²) in [6.07, 6.45) is 0.881. The fourth-order valence-electron chi connectivity index (χ4n) is 2.40. The number of carbonyl (C=O) groups excluding carboxylic acids is 1. The van der Waals surface area contributed by atoms with Gasteiger partial charge in [0.15, 0.2) is 6.29 Å². The summed E-state index contributed by atoms with van der Waals surface area (Å²) in [7, 11) is 2.11. The molecular formula is C13H17ClN2O. The van der Waals surface area contributed by atoms with Gasteiger partial charge in [-0.2, -0.15) is 0 Å². The molecule has 1 unspecified atom stereocenters. The Balaban J connectivity index is 2.36. The highest BCUT2D eigenvalue weighted by molar-refractivity contribution is 6.34. The van der Waals surface area contributed by atoms with Crippen LogP contribution in [-0.4, -0.2) is 43.9 Å². The summed E-state index contributed by atoms with van der Waals surface area (Å²) in [5, 5.41) is 0.658. The van der Waals surface area contributed by atoms with E-state index < -0.39 is 0 Å². The number of para-hydroxylation sites is 1. The lowest BCUT2D eigenvalue weighted by molar-refractivity contribution is 0.112. The Morgan fingerprint density at radius 3 is 2.82 bits per heavy atom. The van der Waals surface area contributed by atoms with Crippen molar-refractivity contribution in [2.75, 3.05) is 31.6 Å². The smallest absolute Gasteiger partial charge is 0.152 e. The van der Waals surface area contributed by atoms with Crippen LogP contribution in [0.1, 0.15) is 17.3 Å². The van der Waals surface area contributed by atoms with Crippen molar-refractivity contribution in [3.63, 3.8) is 0 Å². The Morgan fingerprint density at radius 1 is 1.41 bits per heavy atom. The van der Waals surface area contributed by atoms with Crippen LogP contribution in [0, 0.1) is 0 Å². The minimum absolute atomic E-state index is 0.368. The maximum atomic E-state index is 11.1. The molecule has 0 amide bonds. The summed E-state index contributed by atoms with van der Waals surface area (Å²) in [6, 6.07) is 5.84. The van der Waals surface area contributed by atoms with E-state index in [0.717, 1.165) is 31.6 Å². The quantitative estimate of drug-likeness (QED) is 0.755. The Bertz CT molecular complexity index is 422. The van der Waals surface area contributed by atoms with Crippen molar-refractivity contribution in [3.05, 3.63) is 28.8 Å². The highest BCUT2D eigenvalue weighted by Crippen LogP contribution is 2.31. The number of benzene rings is 1. The summed E-state index contributed by atoms with van der Waals surface area (Å²) >= 11 is 6.23. The summed E-state index contributed by atoms with van der Waals surface area (Å²) < 4.78 is 0. The molecule has 0 N–H and O–H groups in total. The molecule has 1 atom stereocenters. The van der Waals surface area contributed by atoms with E-state index in [1.54, 1.807) is 0 Å². The SMILES string of the molecule is CC1CN(C)CCN1c1c(Cl)cccc1C=O. The lowest BCUT2D eigenvalue weighted by atomic mass is 10.1. The number of anilines is 1. The average molecular weight is 253 g/mol. The van der Waals surface area contributed by atoms with E-state index in [1.807, 2.05) is 18.2 Å². The summed E-state index contributed by atoms with van der Waals surface area (Å²) in [6.45, 7) is 5.05. The van der Waals surface area contributed by atoms with E-state index in [0.29, 0.717) is 16.6 Å². The molecule has 0 aromatic heterocycles. The highest BCUT2D eigenvalue weighted by Gasteiger charge is 2.24. The molecule has 1 fully saturated rings. The molecule has 1 saturated heterocycles. The van der Waals surface area contributed by atoms with Crippen molar-refractivity contribution in [2.24, 2.45) is 0 Å². The molecule has 1 aliphatic rings. The zero-order valence-corrected chi connectivity index (χ0v) is 10.9. The van der Waals surface area contributed by atoms with Crippen molar-refractivity contribution in [1.82, 2.24) is 4.90 Å². The van der Waals surface area contributed by atoms with Gasteiger partial charge in [-0.3, -0.25) is 4.79 Å². The molecule has 3 nitrogen and oxygen atoms in total. The topological polar surface area (TPSA) is 23.6 Å². The first-order chi connectivity index (χ1) is 8.13. The van der Waals surface area contributed by atoms with Crippen LogP contribution in [0.4, 0.5) is 5.69 Å².